The van der Waals surface area contributed by atoms with Crippen LogP contribution < -0.4 is 20.1 Å². The van der Waals surface area contributed by atoms with E-state index < -0.39 is 0 Å². The molecule has 3 aromatic rings. The Kier molecular flexibility index (Phi) is 7.80. The first kappa shape index (κ1) is 21.3. The van der Waals surface area contributed by atoms with Gasteiger partial charge in [-0.05, 0) is 60.6 Å². The Balaban J connectivity index is 1.53. The van der Waals surface area contributed by atoms with E-state index in [2.05, 4.69) is 10.6 Å². The molecular formula is C24H24N2O3S. The predicted molar refractivity (Wildman–Crippen MR) is 123 cm³/mol. The summed E-state index contributed by atoms with van der Waals surface area (Å²) in [6, 6.07) is 24.5. The number of thiocarbonyl (C=S) groups is 1. The number of hydrogen-bond donors (Lipinski definition) is 2. The molecule has 0 aliphatic rings. The number of carbonyl (C=O) groups is 1. The summed E-state index contributed by atoms with van der Waals surface area (Å²) < 4.78 is 11.4. The molecule has 0 fully saturated rings. The standard InChI is InChI=1S/C24H24N2O3S/c1-2-16-28-22-11-7-6-10-21(22)23(27)26-24(30)25-19-12-14-20(15-13-19)29-17-18-8-4-3-5-9-18/h3-15H,2,16-17H2,1H3,(H2,25,26,27,30). The van der Waals surface area contributed by atoms with Crippen molar-refractivity contribution >= 4 is 28.9 Å². The van der Waals surface area contributed by atoms with Crippen LogP contribution >= 0.6 is 12.2 Å². The van der Waals surface area contributed by atoms with Gasteiger partial charge in [0.05, 0.1) is 12.2 Å². The number of ether oxygens (including phenoxy) is 2. The lowest BCUT2D eigenvalue weighted by molar-refractivity contribution is 0.0973. The van der Waals surface area contributed by atoms with E-state index in [9.17, 15) is 4.79 Å². The molecule has 0 saturated heterocycles. The van der Waals surface area contributed by atoms with Crippen molar-refractivity contribution in [3.05, 3.63) is 90.0 Å². The summed E-state index contributed by atoms with van der Waals surface area (Å²) in [5.41, 5.74) is 2.30. The van der Waals surface area contributed by atoms with E-state index in [-0.39, 0.29) is 11.0 Å². The van der Waals surface area contributed by atoms with Crippen molar-refractivity contribution in [2.45, 2.75) is 20.0 Å². The number of hydrogen-bond acceptors (Lipinski definition) is 4. The van der Waals surface area contributed by atoms with Crippen LogP contribution in [-0.2, 0) is 6.61 Å². The van der Waals surface area contributed by atoms with Gasteiger partial charge in [-0.1, -0.05) is 49.4 Å². The molecule has 0 aromatic heterocycles. The maximum Gasteiger partial charge on any atom is 0.261 e. The molecule has 0 atom stereocenters. The summed E-state index contributed by atoms with van der Waals surface area (Å²) in [6.07, 6.45) is 0.862. The van der Waals surface area contributed by atoms with Gasteiger partial charge in [-0.3, -0.25) is 10.1 Å². The van der Waals surface area contributed by atoms with Gasteiger partial charge in [0, 0.05) is 5.69 Å². The van der Waals surface area contributed by atoms with Crippen LogP contribution in [0, 0.1) is 0 Å². The third-order valence-corrected chi connectivity index (χ3v) is 4.39. The first-order valence-corrected chi connectivity index (χ1v) is 10.2. The molecule has 0 aliphatic carbocycles. The second-order valence-electron chi connectivity index (χ2n) is 6.55. The zero-order valence-electron chi connectivity index (χ0n) is 16.8. The van der Waals surface area contributed by atoms with Crippen molar-refractivity contribution in [1.82, 2.24) is 5.32 Å². The average molecular weight is 421 g/mol. The Labute approximate surface area is 182 Å². The number of para-hydroxylation sites is 1. The average Bonchev–Trinajstić information content (AvgIpc) is 2.78. The normalized spacial score (nSPS) is 10.2. The van der Waals surface area contributed by atoms with Crippen LogP contribution in [0.5, 0.6) is 11.5 Å². The molecule has 3 rings (SSSR count). The lowest BCUT2D eigenvalue weighted by atomic mass is 10.2. The predicted octanol–water partition coefficient (Wildman–Crippen LogP) is 5.18. The van der Waals surface area contributed by atoms with Gasteiger partial charge in [0.15, 0.2) is 5.11 Å². The molecule has 0 saturated carbocycles. The van der Waals surface area contributed by atoms with E-state index in [1.807, 2.05) is 67.6 Å². The number of nitrogens with one attached hydrogen (secondary N) is 2. The Bertz CT molecular complexity index is 975. The summed E-state index contributed by atoms with van der Waals surface area (Å²) in [7, 11) is 0. The molecule has 0 heterocycles. The monoisotopic (exact) mass is 420 g/mol. The van der Waals surface area contributed by atoms with Crippen LogP contribution in [0.2, 0.25) is 0 Å². The first-order chi connectivity index (χ1) is 14.7. The SMILES string of the molecule is CCCOc1ccccc1C(=O)NC(=S)Nc1ccc(OCc2ccccc2)cc1. The zero-order valence-corrected chi connectivity index (χ0v) is 17.6. The van der Waals surface area contributed by atoms with Gasteiger partial charge in [-0.2, -0.15) is 0 Å². The van der Waals surface area contributed by atoms with Crippen LogP contribution in [0.1, 0.15) is 29.3 Å². The van der Waals surface area contributed by atoms with Gasteiger partial charge >= 0.3 is 0 Å². The summed E-state index contributed by atoms with van der Waals surface area (Å²) in [5, 5.41) is 5.91. The molecule has 154 valence electrons. The van der Waals surface area contributed by atoms with Crippen molar-refractivity contribution in [2.75, 3.05) is 11.9 Å². The lowest BCUT2D eigenvalue weighted by Gasteiger charge is -2.13. The lowest BCUT2D eigenvalue weighted by Crippen LogP contribution is -2.34. The fraction of sp³-hybridized carbons (Fsp3) is 0.167. The summed E-state index contributed by atoms with van der Waals surface area (Å²) in [5.74, 6) is 0.975. The fourth-order valence-corrected chi connectivity index (χ4v) is 2.91. The number of rotatable bonds is 8. The second-order valence-corrected chi connectivity index (χ2v) is 6.96. The Morgan fingerprint density at radius 3 is 2.33 bits per heavy atom. The van der Waals surface area contributed by atoms with Crippen molar-refractivity contribution in [3.63, 3.8) is 0 Å². The topological polar surface area (TPSA) is 59.6 Å². The van der Waals surface area contributed by atoms with Crippen molar-refractivity contribution in [1.29, 1.82) is 0 Å². The van der Waals surface area contributed by atoms with E-state index >= 15 is 0 Å². The highest BCUT2D eigenvalue weighted by Gasteiger charge is 2.13. The molecule has 0 radical (unpaired) electrons. The third-order valence-electron chi connectivity index (χ3n) is 4.18. The molecule has 0 spiro atoms. The van der Waals surface area contributed by atoms with Crippen molar-refractivity contribution in [2.24, 2.45) is 0 Å². The Morgan fingerprint density at radius 1 is 0.900 bits per heavy atom. The minimum Gasteiger partial charge on any atom is -0.493 e. The van der Waals surface area contributed by atoms with E-state index in [0.717, 1.165) is 23.4 Å². The minimum atomic E-state index is -0.318. The van der Waals surface area contributed by atoms with Crippen molar-refractivity contribution in [3.8, 4) is 11.5 Å². The molecule has 0 aliphatic heterocycles. The molecular weight excluding hydrogens is 396 g/mol. The van der Waals surface area contributed by atoms with Gasteiger partial charge in [-0.15, -0.1) is 0 Å². The second kappa shape index (κ2) is 11.0. The molecule has 5 nitrogen and oxygen atoms in total. The van der Waals surface area contributed by atoms with E-state index in [1.165, 1.54) is 0 Å². The van der Waals surface area contributed by atoms with Gasteiger partial charge in [0.25, 0.3) is 5.91 Å². The molecule has 0 unspecified atom stereocenters. The van der Waals surface area contributed by atoms with Crippen LogP contribution in [0.15, 0.2) is 78.9 Å². The zero-order chi connectivity index (χ0) is 21.2. The van der Waals surface area contributed by atoms with Gasteiger partial charge in [0.2, 0.25) is 0 Å². The Hall–Kier alpha value is -3.38. The number of carbonyl (C=O) groups excluding carboxylic acids is 1. The number of benzene rings is 3. The van der Waals surface area contributed by atoms with Crippen LogP contribution in [0.3, 0.4) is 0 Å². The molecule has 6 heteroatoms. The van der Waals surface area contributed by atoms with E-state index in [4.69, 9.17) is 21.7 Å². The fourth-order valence-electron chi connectivity index (χ4n) is 2.70. The van der Waals surface area contributed by atoms with E-state index in [0.29, 0.717) is 24.5 Å². The van der Waals surface area contributed by atoms with Gasteiger partial charge < -0.3 is 14.8 Å². The number of anilines is 1. The quantitative estimate of drug-likeness (QED) is 0.492. The van der Waals surface area contributed by atoms with Crippen LogP contribution in [-0.4, -0.2) is 17.6 Å². The smallest absolute Gasteiger partial charge is 0.261 e. The third kappa shape index (κ3) is 6.32. The van der Waals surface area contributed by atoms with Crippen LogP contribution in [0.4, 0.5) is 5.69 Å². The maximum absolute atomic E-state index is 12.6. The van der Waals surface area contributed by atoms with Gasteiger partial charge in [-0.25, -0.2) is 0 Å². The molecule has 1 amide bonds. The molecule has 0 bridgehead atoms. The first-order valence-electron chi connectivity index (χ1n) is 9.76. The highest BCUT2D eigenvalue weighted by Crippen LogP contribution is 2.19. The molecule has 3 aromatic carbocycles. The van der Waals surface area contributed by atoms with Crippen molar-refractivity contribution < 1.29 is 14.3 Å². The minimum absolute atomic E-state index is 0.211. The highest BCUT2D eigenvalue weighted by atomic mass is 32.1. The van der Waals surface area contributed by atoms with Crippen LogP contribution in [0.25, 0.3) is 0 Å². The van der Waals surface area contributed by atoms with Gasteiger partial charge in [0.1, 0.15) is 18.1 Å². The number of amides is 1. The maximum atomic E-state index is 12.6. The summed E-state index contributed by atoms with van der Waals surface area (Å²) >= 11 is 5.28. The molecule has 30 heavy (non-hydrogen) atoms. The van der Waals surface area contributed by atoms with E-state index in [1.54, 1.807) is 18.2 Å². The largest absolute Gasteiger partial charge is 0.493 e. The molecule has 2 N–H and O–H groups in total. The highest BCUT2D eigenvalue weighted by molar-refractivity contribution is 7.80. The summed E-state index contributed by atoms with van der Waals surface area (Å²) in [4.78, 5) is 12.6. The summed E-state index contributed by atoms with van der Waals surface area (Å²) in [6.45, 7) is 3.06. The Morgan fingerprint density at radius 2 is 1.60 bits per heavy atom.